The zero-order valence-corrected chi connectivity index (χ0v) is 17.5. The number of hydrogen-bond donors (Lipinski definition) is 1. The van der Waals surface area contributed by atoms with Gasteiger partial charge < -0.3 is 14.5 Å². The van der Waals surface area contributed by atoms with Crippen molar-refractivity contribution in [2.24, 2.45) is 0 Å². The average Bonchev–Trinajstić information content (AvgIpc) is 2.79. The third-order valence-electron chi connectivity index (χ3n) is 5.43. The van der Waals surface area contributed by atoms with Gasteiger partial charge in [0, 0.05) is 63.3 Å². The molecule has 1 aromatic heterocycles. The number of nitrogens with one attached hydrogen (secondary N) is 1. The average molecular weight is 421 g/mol. The lowest BCUT2D eigenvalue weighted by atomic mass is 10.2. The quantitative estimate of drug-likeness (QED) is 0.562. The van der Waals surface area contributed by atoms with Crippen LogP contribution in [0.2, 0.25) is 0 Å². The van der Waals surface area contributed by atoms with Crippen LogP contribution in [-0.4, -0.2) is 61.6 Å². The van der Waals surface area contributed by atoms with Crippen molar-refractivity contribution in [1.82, 2.24) is 15.1 Å². The summed E-state index contributed by atoms with van der Waals surface area (Å²) in [5, 5.41) is 3.71. The number of piperazine rings is 1. The minimum Gasteiger partial charge on any atom is -0.484 e. The number of nitrogens with zero attached hydrogens (tertiary/aromatic N) is 2. The molecule has 162 valence electrons. The summed E-state index contributed by atoms with van der Waals surface area (Å²) in [6, 6.07) is 18.8. The Morgan fingerprint density at radius 1 is 0.968 bits per heavy atom. The Bertz CT molecular complexity index is 1060. The Kier molecular flexibility index (Phi) is 6.96. The summed E-state index contributed by atoms with van der Waals surface area (Å²) >= 11 is 0. The van der Waals surface area contributed by atoms with E-state index in [2.05, 4.69) is 39.4 Å². The predicted molar refractivity (Wildman–Crippen MR) is 119 cm³/mol. The molecular formula is C24H27N3O4. The summed E-state index contributed by atoms with van der Waals surface area (Å²) < 4.78 is 10.7. The van der Waals surface area contributed by atoms with E-state index in [1.165, 1.54) is 11.6 Å². The van der Waals surface area contributed by atoms with Gasteiger partial charge in [0.15, 0.2) is 6.61 Å². The molecule has 1 fully saturated rings. The fraction of sp³-hybridized carbons (Fsp3) is 0.333. The first kappa shape index (κ1) is 21.1. The fourth-order valence-corrected chi connectivity index (χ4v) is 3.70. The number of carbonyl (C=O) groups is 1. The van der Waals surface area contributed by atoms with Gasteiger partial charge in [0.1, 0.15) is 11.3 Å². The molecule has 7 nitrogen and oxygen atoms in total. The van der Waals surface area contributed by atoms with E-state index in [0.717, 1.165) is 44.7 Å². The molecular weight excluding hydrogens is 394 g/mol. The molecule has 2 aromatic carbocycles. The van der Waals surface area contributed by atoms with E-state index in [9.17, 15) is 9.59 Å². The number of carbonyl (C=O) groups excluding carboxylic acids is 1. The first-order chi connectivity index (χ1) is 15.2. The van der Waals surface area contributed by atoms with E-state index >= 15 is 0 Å². The van der Waals surface area contributed by atoms with Gasteiger partial charge in [-0.1, -0.05) is 30.3 Å². The van der Waals surface area contributed by atoms with Gasteiger partial charge in [-0.25, -0.2) is 4.79 Å². The van der Waals surface area contributed by atoms with E-state index in [4.69, 9.17) is 9.15 Å². The molecule has 0 spiro atoms. The molecule has 0 bridgehead atoms. The second kappa shape index (κ2) is 10.2. The zero-order chi connectivity index (χ0) is 21.5. The zero-order valence-electron chi connectivity index (χ0n) is 17.5. The Morgan fingerprint density at radius 2 is 1.71 bits per heavy atom. The van der Waals surface area contributed by atoms with E-state index in [0.29, 0.717) is 17.9 Å². The smallest absolute Gasteiger partial charge is 0.336 e. The summed E-state index contributed by atoms with van der Waals surface area (Å²) in [6.07, 6.45) is 0. The van der Waals surface area contributed by atoms with Crippen LogP contribution in [0.1, 0.15) is 5.56 Å². The molecule has 1 N–H and O–H groups in total. The molecule has 31 heavy (non-hydrogen) atoms. The van der Waals surface area contributed by atoms with Crippen LogP contribution in [0.3, 0.4) is 0 Å². The highest BCUT2D eigenvalue weighted by Crippen LogP contribution is 2.19. The maximum absolute atomic E-state index is 12.1. The maximum atomic E-state index is 12.1. The minimum atomic E-state index is -0.414. The van der Waals surface area contributed by atoms with Crippen LogP contribution in [0.5, 0.6) is 5.75 Å². The Hall–Kier alpha value is -3.16. The molecule has 4 rings (SSSR count). The van der Waals surface area contributed by atoms with Gasteiger partial charge in [-0.05, 0) is 23.8 Å². The largest absolute Gasteiger partial charge is 0.484 e. The van der Waals surface area contributed by atoms with Crippen molar-refractivity contribution in [2.75, 3.05) is 45.9 Å². The van der Waals surface area contributed by atoms with Crippen molar-refractivity contribution in [2.45, 2.75) is 6.54 Å². The molecule has 7 heteroatoms. The second-order valence-electron chi connectivity index (χ2n) is 7.70. The third-order valence-corrected chi connectivity index (χ3v) is 5.43. The standard InChI is InChI=1S/C24H27N3O4/c28-23(18-30-21-8-6-20-7-9-24(29)31-22(20)16-21)25-10-11-26-12-14-27(15-13-26)17-19-4-2-1-3-5-19/h1-9,16H,10-15,17-18H2,(H,25,28). The van der Waals surface area contributed by atoms with Gasteiger partial charge >= 0.3 is 5.63 Å². The molecule has 0 atom stereocenters. The molecule has 1 aliphatic rings. The van der Waals surface area contributed by atoms with Gasteiger partial charge in [0.25, 0.3) is 5.91 Å². The second-order valence-corrected chi connectivity index (χ2v) is 7.70. The summed E-state index contributed by atoms with van der Waals surface area (Å²) in [7, 11) is 0. The number of benzene rings is 2. The Labute approximate surface area is 181 Å². The predicted octanol–water partition coefficient (Wildman–Crippen LogP) is 2.11. The monoisotopic (exact) mass is 421 g/mol. The van der Waals surface area contributed by atoms with Crippen molar-refractivity contribution >= 4 is 16.9 Å². The normalized spacial score (nSPS) is 15.1. The molecule has 0 saturated carbocycles. The molecule has 0 unspecified atom stereocenters. The van der Waals surface area contributed by atoms with E-state index in [1.807, 2.05) is 6.07 Å². The van der Waals surface area contributed by atoms with Crippen molar-refractivity contribution in [3.05, 3.63) is 76.6 Å². The molecule has 1 amide bonds. The summed E-state index contributed by atoms with van der Waals surface area (Å²) in [5.74, 6) is 0.323. The number of rotatable bonds is 8. The topological polar surface area (TPSA) is 75.0 Å². The third kappa shape index (κ3) is 6.16. The van der Waals surface area contributed by atoms with Crippen molar-refractivity contribution in [3.8, 4) is 5.75 Å². The van der Waals surface area contributed by atoms with Gasteiger partial charge in [0.05, 0.1) is 0 Å². The van der Waals surface area contributed by atoms with Crippen molar-refractivity contribution in [1.29, 1.82) is 0 Å². The van der Waals surface area contributed by atoms with Crippen LogP contribution in [0.4, 0.5) is 0 Å². The highest BCUT2D eigenvalue weighted by Gasteiger charge is 2.16. The van der Waals surface area contributed by atoms with Crippen LogP contribution in [-0.2, 0) is 11.3 Å². The van der Waals surface area contributed by atoms with Crippen molar-refractivity contribution in [3.63, 3.8) is 0 Å². The molecule has 0 aliphatic carbocycles. The highest BCUT2D eigenvalue weighted by atomic mass is 16.5. The number of fused-ring (bicyclic) bond motifs is 1. The Morgan fingerprint density at radius 3 is 2.52 bits per heavy atom. The highest BCUT2D eigenvalue weighted by molar-refractivity contribution is 5.79. The lowest BCUT2D eigenvalue weighted by Crippen LogP contribution is -2.48. The first-order valence-corrected chi connectivity index (χ1v) is 10.6. The van der Waals surface area contributed by atoms with Gasteiger partial charge in [-0.3, -0.25) is 14.6 Å². The van der Waals surface area contributed by atoms with Crippen LogP contribution in [0.15, 0.2) is 69.9 Å². The van der Waals surface area contributed by atoms with E-state index in [-0.39, 0.29) is 12.5 Å². The van der Waals surface area contributed by atoms with E-state index < -0.39 is 5.63 Å². The maximum Gasteiger partial charge on any atom is 0.336 e. The van der Waals surface area contributed by atoms with Gasteiger partial charge in [-0.15, -0.1) is 0 Å². The van der Waals surface area contributed by atoms with Crippen LogP contribution < -0.4 is 15.7 Å². The molecule has 1 aliphatic heterocycles. The van der Waals surface area contributed by atoms with Gasteiger partial charge in [0.2, 0.25) is 0 Å². The number of amides is 1. The van der Waals surface area contributed by atoms with Crippen molar-refractivity contribution < 1.29 is 13.9 Å². The Balaban J connectivity index is 1.14. The lowest BCUT2D eigenvalue weighted by Gasteiger charge is -2.34. The molecule has 1 saturated heterocycles. The fourth-order valence-electron chi connectivity index (χ4n) is 3.70. The first-order valence-electron chi connectivity index (χ1n) is 10.6. The van der Waals surface area contributed by atoms with E-state index in [1.54, 1.807) is 24.3 Å². The molecule has 3 aromatic rings. The number of hydrogen-bond acceptors (Lipinski definition) is 6. The molecule has 2 heterocycles. The molecule has 0 radical (unpaired) electrons. The summed E-state index contributed by atoms with van der Waals surface area (Å²) in [4.78, 5) is 28.3. The number of ether oxygens (including phenoxy) is 1. The summed E-state index contributed by atoms with van der Waals surface area (Å²) in [6.45, 7) is 6.39. The van der Waals surface area contributed by atoms with Crippen LogP contribution >= 0.6 is 0 Å². The van der Waals surface area contributed by atoms with Crippen LogP contribution in [0.25, 0.3) is 11.0 Å². The summed E-state index contributed by atoms with van der Waals surface area (Å²) in [5.41, 5.74) is 1.37. The SMILES string of the molecule is O=C(COc1ccc2ccc(=O)oc2c1)NCCN1CCN(Cc2ccccc2)CC1. The lowest BCUT2D eigenvalue weighted by molar-refractivity contribution is -0.123. The van der Waals surface area contributed by atoms with Crippen LogP contribution in [0, 0.1) is 0 Å². The van der Waals surface area contributed by atoms with Gasteiger partial charge in [-0.2, -0.15) is 0 Å². The minimum absolute atomic E-state index is 0.0760.